The zero-order chi connectivity index (χ0) is 18.0. The van der Waals surface area contributed by atoms with Crippen LogP contribution in [0.4, 0.5) is 4.39 Å². The number of halogens is 1. The van der Waals surface area contributed by atoms with Gasteiger partial charge in [0.2, 0.25) is 5.91 Å². The Morgan fingerprint density at radius 2 is 1.88 bits per heavy atom. The van der Waals surface area contributed by atoms with Gasteiger partial charge in [0.05, 0.1) is 30.3 Å². The molecule has 136 valence electrons. The molecule has 2 saturated heterocycles. The second kappa shape index (κ2) is 7.21. The fourth-order valence-corrected chi connectivity index (χ4v) is 5.22. The van der Waals surface area contributed by atoms with Crippen LogP contribution in [0.1, 0.15) is 29.6 Å². The van der Waals surface area contributed by atoms with Gasteiger partial charge in [-0.05, 0) is 30.7 Å². The summed E-state index contributed by atoms with van der Waals surface area (Å²) in [5.41, 5.74) is 0.419. The van der Waals surface area contributed by atoms with Gasteiger partial charge in [0, 0.05) is 24.9 Å². The van der Waals surface area contributed by atoms with Crippen LogP contribution in [0.2, 0.25) is 0 Å². The highest BCUT2D eigenvalue weighted by atomic mass is 32.2. The third-order valence-corrected chi connectivity index (χ3v) is 6.30. The fraction of sp³-hybridized carbons (Fsp3) is 0.529. The minimum absolute atomic E-state index is 0.0372. The van der Waals surface area contributed by atoms with E-state index in [1.54, 1.807) is 4.90 Å². The highest BCUT2D eigenvalue weighted by Crippen LogP contribution is 2.25. The van der Waals surface area contributed by atoms with Crippen LogP contribution in [0.25, 0.3) is 0 Å². The Hall–Kier alpha value is -1.80. The van der Waals surface area contributed by atoms with Gasteiger partial charge in [0.15, 0.2) is 15.6 Å². The minimum Gasteiger partial charge on any atom is -0.373 e. The topological polar surface area (TPSA) is 80.8 Å². The number of morpholine rings is 1. The van der Waals surface area contributed by atoms with Gasteiger partial charge in [-0.25, -0.2) is 12.8 Å². The maximum absolute atomic E-state index is 12.9. The number of sulfone groups is 1. The average molecular weight is 369 g/mol. The summed E-state index contributed by atoms with van der Waals surface area (Å²) in [5, 5.41) is 0. The van der Waals surface area contributed by atoms with Gasteiger partial charge in [-0.1, -0.05) is 0 Å². The number of nitrogens with zero attached hydrogens (tertiary/aromatic N) is 1. The largest absolute Gasteiger partial charge is 0.373 e. The van der Waals surface area contributed by atoms with Crippen LogP contribution in [-0.4, -0.2) is 61.8 Å². The molecule has 1 aromatic carbocycles. The Morgan fingerprint density at radius 3 is 2.60 bits per heavy atom. The van der Waals surface area contributed by atoms with Gasteiger partial charge in [0.1, 0.15) is 5.82 Å². The molecule has 6 nitrogen and oxygen atoms in total. The van der Waals surface area contributed by atoms with Gasteiger partial charge in [-0.2, -0.15) is 0 Å². The summed E-state index contributed by atoms with van der Waals surface area (Å²) >= 11 is 0. The van der Waals surface area contributed by atoms with Gasteiger partial charge < -0.3 is 9.64 Å². The van der Waals surface area contributed by atoms with Crippen molar-refractivity contribution in [2.75, 3.05) is 24.7 Å². The Bertz CT molecular complexity index is 762. The lowest BCUT2D eigenvalue weighted by Gasteiger charge is -2.36. The van der Waals surface area contributed by atoms with Crippen LogP contribution in [0.15, 0.2) is 24.3 Å². The third-order valence-electron chi connectivity index (χ3n) is 4.62. The Labute approximate surface area is 145 Å². The van der Waals surface area contributed by atoms with E-state index in [1.165, 1.54) is 24.3 Å². The second-order valence-corrected chi connectivity index (χ2v) is 8.58. The summed E-state index contributed by atoms with van der Waals surface area (Å²) in [5.74, 6) is -0.791. The van der Waals surface area contributed by atoms with Crippen molar-refractivity contribution in [3.63, 3.8) is 0 Å². The van der Waals surface area contributed by atoms with E-state index in [-0.39, 0.29) is 36.0 Å². The Balaban J connectivity index is 1.52. The SMILES string of the molecule is O=C(CCCC(=O)N1CCOC2CS(=O)(=O)CC21)c1ccc(F)cc1. The maximum atomic E-state index is 12.9. The number of amides is 1. The molecular formula is C17H20FNO5S. The molecule has 0 bridgehead atoms. The van der Waals surface area contributed by atoms with Crippen LogP contribution in [0.5, 0.6) is 0 Å². The average Bonchev–Trinajstić information content (AvgIpc) is 2.88. The van der Waals surface area contributed by atoms with E-state index in [2.05, 4.69) is 0 Å². The van der Waals surface area contributed by atoms with E-state index in [9.17, 15) is 22.4 Å². The highest BCUT2D eigenvalue weighted by molar-refractivity contribution is 7.91. The molecule has 0 N–H and O–H groups in total. The molecule has 2 aliphatic heterocycles. The van der Waals surface area contributed by atoms with E-state index in [1.807, 2.05) is 0 Å². The summed E-state index contributed by atoms with van der Waals surface area (Å²) in [6.07, 6.45) is 0.296. The number of hydrogen-bond donors (Lipinski definition) is 0. The van der Waals surface area contributed by atoms with Crippen molar-refractivity contribution >= 4 is 21.5 Å². The summed E-state index contributed by atoms with van der Waals surface area (Å²) < 4.78 is 41.9. The first-order valence-corrected chi connectivity index (χ1v) is 10.1. The molecule has 0 aromatic heterocycles. The Kier molecular flexibility index (Phi) is 5.19. The van der Waals surface area contributed by atoms with Crippen molar-refractivity contribution in [2.24, 2.45) is 0 Å². The van der Waals surface area contributed by atoms with Crippen LogP contribution < -0.4 is 0 Å². The predicted octanol–water partition coefficient (Wildman–Crippen LogP) is 1.20. The molecule has 25 heavy (non-hydrogen) atoms. The quantitative estimate of drug-likeness (QED) is 0.729. The van der Waals surface area contributed by atoms with Crippen molar-refractivity contribution < 1.29 is 27.1 Å². The molecule has 0 spiro atoms. The van der Waals surface area contributed by atoms with E-state index in [0.29, 0.717) is 25.1 Å². The van der Waals surface area contributed by atoms with Crippen molar-refractivity contribution in [1.29, 1.82) is 0 Å². The molecule has 0 aliphatic carbocycles. The molecule has 3 rings (SSSR count). The first-order valence-electron chi connectivity index (χ1n) is 8.26. The standard InChI is InChI=1S/C17H20FNO5S/c18-13-6-4-12(5-7-13)15(20)2-1-3-17(21)19-8-9-24-16-11-25(22,23)10-14(16)19/h4-7,14,16H,1-3,8-11H2. The monoisotopic (exact) mass is 369 g/mol. The lowest BCUT2D eigenvalue weighted by atomic mass is 10.0. The normalized spacial score (nSPS) is 24.8. The number of Topliss-reactive ketones (excluding diaryl/α,β-unsaturated/α-hetero) is 1. The maximum Gasteiger partial charge on any atom is 0.223 e. The summed E-state index contributed by atoms with van der Waals surface area (Å²) in [7, 11) is -3.17. The fourth-order valence-electron chi connectivity index (χ4n) is 3.35. The van der Waals surface area contributed by atoms with Crippen molar-refractivity contribution in [3.8, 4) is 0 Å². The molecular weight excluding hydrogens is 349 g/mol. The third kappa shape index (κ3) is 4.24. The van der Waals surface area contributed by atoms with E-state index in [4.69, 9.17) is 4.74 Å². The molecule has 1 aromatic rings. The molecule has 2 aliphatic rings. The molecule has 2 heterocycles. The van der Waals surface area contributed by atoms with Crippen molar-refractivity contribution in [1.82, 2.24) is 4.90 Å². The molecule has 2 fully saturated rings. The lowest BCUT2D eigenvalue weighted by Crippen LogP contribution is -2.53. The number of benzene rings is 1. The molecule has 8 heteroatoms. The van der Waals surface area contributed by atoms with Crippen LogP contribution in [-0.2, 0) is 19.4 Å². The zero-order valence-corrected chi connectivity index (χ0v) is 14.5. The van der Waals surface area contributed by atoms with E-state index < -0.39 is 27.8 Å². The van der Waals surface area contributed by atoms with Crippen molar-refractivity contribution in [3.05, 3.63) is 35.6 Å². The number of ketones is 1. The van der Waals surface area contributed by atoms with Gasteiger partial charge in [-0.3, -0.25) is 9.59 Å². The molecule has 0 saturated carbocycles. The van der Waals surface area contributed by atoms with Crippen LogP contribution in [0, 0.1) is 5.82 Å². The van der Waals surface area contributed by atoms with E-state index >= 15 is 0 Å². The smallest absolute Gasteiger partial charge is 0.223 e. The number of carbonyl (C=O) groups excluding carboxylic acids is 2. The van der Waals surface area contributed by atoms with Crippen LogP contribution in [0.3, 0.4) is 0 Å². The van der Waals surface area contributed by atoms with E-state index in [0.717, 1.165) is 0 Å². The van der Waals surface area contributed by atoms with Gasteiger partial charge in [0.25, 0.3) is 0 Å². The highest BCUT2D eigenvalue weighted by Gasteiger charge is 2.45. The Morgan fingerprint density at radius 1 is 1.16 bits per heavy atom. The first kappa shape index (κ1) is 18.0. The van der Waals surface area contributed by atoms with Crippen molar-refractivity contribution in [2.45, 2.75) is 31.4 Å². The number of ether oxygens (including phenoxy) is 1. The molecule has 2 unspecified atom stereocenters. The number of hydrogen-bond acceptors (Lipinski definition) is 5. The predicted molar refractivity (Wildman–Crippen MR) is 88.5 cm³/mol. The molecule has 2 atom stereocenters. The lowest BCUT2D eigenvalue weighted by molar-refractivity contribution is -0.142. The number of fused-ring (bicyclic) bond motifs is 1. The van der Waals surface area contributed by atoms with Gasteiger partial charge >= 0.3 is 0 Å². The second-order valence-electron chi connectivity index (χ2n) is 6.42. The van der Waals surface area contributed by atoms with Crippen LogP contribution >= 0.6 is 0 Å². The summed E-state index contributed by atoms with van der Waals surface area (Å²) in [6.45, 7) is 0.707. The summed E-state index contributed by atoms with van der Waals surface area (Å²) in [6, 6.07) is 4.89. The summed E-state index contributed by atoms with van der Waals surface area (Å²) in [4.78, 5) is 26.0. The number of carbonyl (C=O) groups is 2. The molecule has 1 amide bonds. The molecule has 0 radical (unpaired) electrons. The first-order chi connectivity index (χ1) is 11.9. The van der Waals surface area contributed by atoms with Gasteiger partial charge in [-0.15, -0.1) is 0 Å². The minimum atomic E-state index is -3.17. The zero-order valence-electron chi connectivity index (χ0n) is 13.7. The number of rotatable bonds is 5.